The van der Waals surface area contributed by atoms with E-state index >= 15 is 0 Å². The molecule has 0 aliphatic carbocycles. The van der Waals surface area contributed by atoms with Crippen LogP contribution in [0.15, 0.2) is 12.5 Å². The molecule has 1 atom stereocenters. The Balaban J connectivity index is 1.93. The van der Waals surface area contributed by atoms with Crippen LogP contribution in [-0.2, 0) is 23.4 Å². The Hall–Kier alpha value is -0.880. The van der Waals surface area contributed by atoms with Gasteiger partial charge < -0.3 is 4.57 Å². The van der Waals surface area contributed by atoms with Gasteiger partial charge in [0, 0.05) is 32.6 Å². The minimum absolute atomic E-state index is 0.280. The first-order chi connectivity index (χ1) is 8.44. The number of aryl methyl sites for hydroxylation is 1. The summed E-state index contributed by atoms with van der Waals surface area (Å²) in [7, 11) is -0.875. The summed E-state index contributed by atoms with van der Waals surface area (Å²) in [5.41, 5.74) is 1.18. The summed E-state index contributed by atoms with van der Waals surface area (Å²) in [6.45, 7) is 2.78. The molecule has 1 saturated heterocycles. The van der Waals surface area contributed by atoms with Crippen LogP contribution in [0.2, 0.25) is 0 Å². The van der Waals surface area contributed by atoms with Gasteiger partial charge in [-0.2, -0.15) is 0 Å². The second-order valence-electron chi connectivity index (χ2n) is 5.33. The van der Waals surface area contributed by atoms with E-state index in [0.29, 0.717) is 5.75 Å². The largest absolute Gasteiger partial charge is 0.337 e. The first-order valence-corrected chi connectivity index (χ1v) is 8.35. The van der Waals surface area contributed by atoms with E-state index in [2.05, 4.69) is 9.88 Å². The minimum Gasteiger partial charge on any atom is -0.337 e. The number of sulfone groups is 1. The lowest BCUT2D eigenvalue weighted by atomic mass is 10.00. The normalized spacial score (nSPS) is 22.2. The fourth-order valence-electron chi connectivity index (χ4n) is 2.63. The Morgan fingerprint density at radius 1 is 1.50 bits per heavy atom. The van der Waals surface area contributed by atoms with Gasteiger partial charge in [0.25, 0.3) is 0 Å². The van der Waals surface area contributed by atoms with Gasteiger partial charge in [0.05, 0.1) is 17.8 Å². The maximum Gasteiger partial charge on any atom is 0.147 e. The smallest absolute Gasteiger partial charge is 0.147 e. The van der Waals surface area contributed by atoms with Crippen LogP contribution in [0.25, 0.3) is 0 Å². The van der Waals surface area contributed by atoms with Gasteiger partial charge in [-0.3, -0.25) is 4.90 Å². The minimum atomic E-state index is -2.86. The van der Waals surface area contributed by atoms with Crippen LogP contribution in [-0.4, -0.2) is 48.0 Å². The van der Waals surface area contributed by atoms with Crippen LogP contribution in [0.4, 0.5) is 0 Å². The molecular formula is C12H21N3O2S. The molecule has 1 aromatic heterocycles. The number of piperidine rings is 1. The fraction of sp³-hybridized carbons (Fsp3) is 0.750. The second-order valence-corrected chi connectivity index (χ2v) is 7.52. The quantitative estimate of drug-likeness (QED) is 0.808. The van der Waals surface area contributed by atoms with Gasteiger partial charge in [0.15, 0.2) is 0 Å². The van der Waals surface area contributed by atoms with Gasteiger partial charge in [0.1, 0.15) is 9.84 Å². The van der Waals surface area contributed by atoms with Crippen LogP contribution in [0, 0.1) is 5.92 Å². The lowest BCUT2D eigenvalue weighted by molar-refractivity contribution is 0.174. The first-order valence-electron chi connectivity index (χ1n) is 6.29. The van der Waals surface area contributed by atoms with Gasteiger partial charge in [0.2, 0.25) is 0 Å². The molecule has 1 aliphatic heterocycles. The second kappa shape index (κ2) is 5.40. The summed E-state index contributed by atoms with van der Waals surface area (Å²) in [5, 5.41) is 0. The molecule has 5 nitrogen and oxygen atoms in total. The Kier molecular flexibility index (Phi) is 4.07. The van der Waals surface area contributed by atoms with Crippen molar-refractivity contribution in [3.8, 4) is 0 Å². The summed E-state index contributed by atoms with van der Waals surface area (Å²) >= 11 is 0. The van der Waals surface area contributed by atoms with E-state index < -0.39 is 9.84 Å². The number of aromatic nitrogens is 2. The molecule has 0 unspecified atom stereocenters. The molecule has 6 heteroatoms. The molecule has 2 rings (SSSR count). The van der Waals surface area contributed by atoms with Crippen LogP contribution in [0.3, 0.4) is 0 Å². The predicted molar refractivity (Wildman–Crippen MR) is 70.9 cm³/mol. The monoisotopic (exact) mass is 271 g/mol. The molecule has 1 aromatic rings. The molecule has 0 bridgehead atoms. The SMILES string of the molecule is Cn1cncc1CN1CCC[C@H](CS(C)(=O)=O)C1. The van der Waals surface area contributed by atoms with Crippen molar-refractivity contribution in [1.29, 1.82) is 0 Å². The van der Waals surface area contributed by atoms with E-state index in [-0.39, 0.29) is 5.92 Å². The van der Waals surface area contributed by atoms with Crippen LogP contribution in [0.1, 0.15) is 18.5 Å². The Morgan fingerprint density at radius 2 is 2.28 bits per heavy atom. The average molecular weight is 271 g/mol. The number of hydrogen-bond donors (Lipinski definition) is 0. The summed E-state index contributed by atoms with van der Waals surface area (Å²) in [6.07, 6.45) is 7.10. The first kappa shape index (κ1) is 13.5. The summed E-state index contributed by atoms with van der Waals surface area (Å²) in [6, 6.07) is 0. The van der Waals surface area contributed by atoms with E-state index in [1.807, 2.05) is 17.8 Å². The van der Waals surface area contributed by atoms with Crippen molar-refractivity contribution in [2.75, 3.05) is 25.1 Å². The van der Waals surface area contributed by atoms with Gasteiger partial charge >= 0.3 is 0 Å². The zero-order valence-corrected chi connectivity index (χ0v) is 11.9. The molecule has 1 fully saturated rings. The standard InChI is InChI=1S/C12H21N3O2S/c1-14-10-13-6-12(14)8-15-5-3-4-11(7-15)9-18(2,16)17/h6,10-11H,3-5,7-9H2,1-2H3/t11-/m0/s1. The van der Waals surface area contributed by atoms with E-state index in [4.69, 9.17) is 0 Å². The maximum absolute atomic E-state index is 11.3. The van der Waals surface area contributed by atoms with Crippen molar-refractivity contribution >= 4 is 9.84 Å². The van der Waals surface area contributed by atoms with Crippen molar-refractivity contribution in [1.82, 2.24) is 14.5 Å². The molecule has 0 aromatic carbocycles. The molecule has 0 saturated carbocycles. The molecule has 0 N–H and O–H groups in total. The molecule has 0 radical (unpaired) electrons. The van der Waals surface area contributed by atoms with E-state index in [1.165, 1.54) is 11.9 Å². The topological polar surface area (TPSA) is 55.2 Å². The van der Waals surface area contributed by atoms with Gasteiger partial charge in [-0.1, -0.05) is 0 Å². The van der Waals surface area contributed by atoms with Crippen LogP contribution >= 0.6 is 0 Å². The molecule has 1 aliphatic rings. The highest BCUT2D eigenvalue weighted by Crippen LogP contribution is 2.19. The number of rotatable bonds is 4. The van der Waals surface area contributed by atoms with Gasteiger partial charge in [-0.05, 0) is 25.3 Å². The highest BCUT2D eigenvalue weighted by Gasteiger charge is 2.23. The molecule has 0 spiro atoms. The molecule has 102 valence electrons. The molecular weight excluding hydrogens is 250 g/mol. The highest BCUT2D eigenvalue weighted by atomic mass is 32.2. The molecule has 0 amide bonds. The molecule has 2 heterocycles. The third-order valence-electron chi connectivity index (χ3n) is 3.44. The van der Waals surface area contributed by atoms with Crippen LogP contribution in [0.5, 0.6) is 0 Å². The van der Waals surface area contributed by atoms with Gasteiger partial charge in [-0.15, -0.1) is 0 Å². The lowest BCUT2D eigenvalue weighted by Gasteiger charge is -2.32. The third-order valence-corrected chi connectivity index (χ3v) is 4.52. The van der Waals surface area contributed by atoms with Crippen molar-refractivity contribution in [3.63, 3.8) is 0 Å². The zero-order valence-electron chi connectivity index (χ0n) is 11.0. The van der Waals surface area contributed by atoms with E-state index in [1.54, 1.807) is 6.33 Å². The Bertz CT molecular complexity index is 495. The predicted octanol–water partition coefficient (Wildman–Crippen LogP) is 0.677. The summed E-state index contributed by atoms with van der Waals surface area (Å²) in [5.74, 6) is 0.594. The number of nitrogens with zero attached hydrogens (tertiary/aromatic N) is 3. The van der Waals surface area contributed by atoms with Crippen LogP contribution < -0.4 is 0 Å². The zero-order chi connectivity index (χ0) is 13.2. The van der Waals surface area contributed by atoms with Crippen molar-refractivity contribution in [2.45, 2.75) is 19.4 Å². The van der Waals surface area contributed by atoms with Crippen molar-refractivity contribution < 1.29 is 8.42 Å². The maximum atomic E-state index is 11.3. The van der Waals surface area contributed by atoms with Crippen molar-refractivity contribution in [3.05, 3.63) is 18.2 Å². The lowest BCUT2D eigenvalue weighted by Crippen LogP contribution is -2.37. The number of hydrogen-bond acceptors (Lipinski definition) is 4. The Morgan fingerprint density at radius 3 is 2.89 bits per heavy atom. The number of imidazole rings is 1. The van der Waals surface area contributed by atoms with E-state index in [0.717, 1.165) is 32.5 Å². The Labute approximate surface area is 109 Å². The molecule has 18 heavy (non-hydrogen) atoms. The third kappa shape index (κ3) is 3.81. The number of likely N-dealkylation sites (tertiary alicyclic amines) is 1. The van der Waals surface area contributed by atoms with E-state index in [9.17, 15) is 8.42 Å². The summed E-state index contributed by atoms with van der Waals surface area (Å²) in [4.78, 5) is 6.44. The summed E-state index contributed by atoms with van der Waals surface area (Å²) < 4.78 is 24.7. The van der Waals surface area contributed by atoms with Crippen molar-refractivity contribution in [2.24, 2.45) is 13.0 Å². The average Bonchev–Trinajstić information content (AvgIpc) is 2.62. The highest BCUT2D eigenvalue weighted by molar-refractivity contribution is 7.90. The fourth-order valence-corrected chi connectivity index (χ4v) is 3.75. The van der Waals surface area contributed by atoms with Gasteiger partial charge in [-0.25, -0.2) is 13.4 Å².